The van der Waals surface area contributed by atoms with Crippen LogP contribution in [0.1, 0.15) is 0 Å². The van der Waals surface area contributed by atoms with Crippen molar-refractivity contribution in [1.82, 2.24) is 0 Å². The Kier molecular flexibility index (Phi) is 1.93. The van der Waals surface area contributed by atoms with Gasteiger partial charge in [-0.05, 0) is 43.9 Å². The van der Waals surface area contributed by atoms with Crippen LogP contribution < -0.4 is 0 Å². The molecule has 88 valence electrons. The lowest BCUT2D eigenvalue weighted by Crippen LogP contribution is -1.83. The zero-order valence-electron chi connectivity index (χ0n) is 10.0. The minimum absolute atomic E-state index is 0.694. The molecule has 0 fully saturated rings. The van der Waals surface area contributed by atoms with Gasteiger partial charge in [-0.2, -0.15) is 0 Å². The molecule has 0 saturated heterocycles. The molecule has 0 atom stereocenters. The number of hydrogen-bond acceptors (Lipinski definition) is 1. The number of benzene rings is 4. The van der Waals surface area contributed by atoms with Crippen LogP contribution in [0.4, 0.5) is 5.69 Å². The van der Waals surface area contributed by atoms with Gasteiger partial charge in [0.2, 0.25) is 0 Å². The summed E-state index contributed by atoms with van der Waals surface area (Å²) in [7, 11) is 0. The topological polar surface area (TPSA) is 48.8 Å². The van der Waals surface area contributed by atoms with E-state index in [0.717, 1.165) is 10.8 Å². The van der Waals surface area contributed by atoms with Gasteiger partial charge in [0, 0.05) is 10.6 Å². The van der Waals surface area contributed by atoms with Crippen LogP contribution in [0.5, 0.6) is 0 Å². The minimum Gasteiger partial charge on any atom is -0.0610 e. The van der Waals surface area contributed by atoms with Crippen molar-refractivity contribution in [2.45, 2.75) is 0 Å². The van der Waals surface area contributed by atoms with Gasteiger partial charge in [0.1, 0.15) is 0 Å². The molecule has 0 bridgehead atoms. The van der Waals surface area contributed by atoms with Gasteiger partial charge >= 0.3 is 0 Å². The van der Waals surface area contributed by atoms with Crippen molar-refractivity contribution in [3.8, 4) is 0 Å². The maximum Gasteiger partial charge on any atom is 0.0460 e. The third kappa shape index (κ3) is 1.30. The Morgan fingerprint density at radius 3 is 2.26 bits per heavy atom. The van der Waals surface area contributed by atoms with Crippen molar-refractivity contribution in [2.24, 2.45) is 5.11 Å². The molecule has 0 unspecified atom stereocenters. The standard InChI is InChI=1S/C16H9N3/c17-19-18-14-9-12-5-1-3-10-7-8-11-4-2-6-13(14)16(11)15(10)12/h1-9H. The summed E-state index contributed by atoms with van der Waals surface area (Å²) in [6.45, 7) is 0. The smallest absolute Gasteiger partial charge is 0.0460 e. The van der Waals surface area contributed by atoms with Gasteiger partial charge in [-0.15, -0.1) is 0 Å². The monoisotopic (exact) mass is 243 g/mol. The van der Waals surface area contributed by atoms with E-state index in [4.69, 9.17) is 5.53 Å². The van der Waals surface area contributed by atoms with E-state index in [2.05, 4.69) is 40.4 Å². The van der Waals surface area contributed by atoms with Gasteiger partial charge in [0.25, 0.3) is 0 Å². The lowest BCUT2D eigenvalue weighted by molar-refractivity contribution is 1.53. The van der Waals surface area contributed by atoms with Crippen molar-refractivity contribution in [3.63, 3.8) is 0 Å². The van der Waals surface area contributed by atoms with E-state index >= 15 is 0 Å². The summed E-state index contributed by atoms with van der Waals surface area (Å²) < 4.78 is 0. The zero-order chi connectivity index (χ0) is 12.8. The Hall–Kier alpha value is -2.77. The van der Waals surface area contributed by atoms with E-state index < -0.39 is 0 Å². The Labute approximate surface area is 109 Å². The number of rotatable bonds is 1. The Morgan fingerprint density at radius 1 is 0.789 bits per heavy atom. The van der Waals surface area contributed by atoms with Crippen LogP contribution in [0.2, 0.25) is 0 Å². The molecule has 0 aliphatic heterocycles. The van der Waals surface area contributed by atoms with Gasteiger partial charge in [0.15, 0.2) is 0 Å². The second kappa shape index (κ2) is 3.61. The third-order valence-corrected chi connectivity index (χ3v) is 3.64. The highest BCUT2D eigenvalue weighted by Gasteiger charge is 2.10. The molecule has 0 heterocycles. The molecule has 0 amide bonds. The van der Waals surface area contributed by atoms with Crippen molar-refractivity contribution < 1.29 is 0 Å². The SMILES string of the molecule is [N-]=[N+]=Nc1cc2cccc3ccc4cccc1c4c32. The molecule has 0 aromatic heterocycles. The van der Waals surface area contributed by atoms with Crippen molar-refractivity contribution in [2.75, 3.05) is 0 Å². The summed E-state index contributed by atoms with van der Waals surface area (Å²) in [5, 5.41) is 10.8. The van der Waals surface area contributed by atoms with Crippen LogP contribution in [0.3, 0.4) is 0 Å². The van der Waals surface area contributed by atoms with Gasteiger partial charge in [-0.25, -0.2) is 0 Å². The minimum atomic E-state index is 0.694. The van der Waals surface area contributed by atoms with Gasteiger partial charge in [-0.3, -0.25) is 0 Å². The highest BCUT2D eigenvalue weighted by Crippen LogP contribution is 2.39. The van der Waals surface area contributed by atoms with E-state index in [-0.39, 0.29) is 0 Å². The van der Waals surface area contributed by atoms with Crippen molar-refractivity contribution >= 4 is 38.0 Å². The van der Waals surface area contributed by atoms with E-state index in [1.807, 2.05) is 24.3 Å². The first-order valence-corrected chi connectivity index (χ1v) is 6.10. The highest BCUT2D eigenvalue weighted by molar-refractivity contribution is 6.25. The predicted octanol–water partition coefficient (Wildman–Crippen LogP) is 5.53. The lowest BCUT2D eigenvalue weighted by Gasteiger charge is -2.12. The molecule has 4 rings (SSSR count). The molecule has 0 N–H and O–H groups in total. The lowest BCUT2D eigenvalue weighted by atomic mass is 9.93. The van der Waals surface area contributed by atoms with Gasteiger partial charge in [-0.1, -0.05) is 53.6 Å². The normalized spacial score (nSPS) is 11.2. The molecule has 0 aliphatic carbocycles. The fraction of sp³-hybridized carbons (Fsp3) is 0. The first-order chi connectivity index (χ1) is 9.38. The van der Waals surface area contributed by atoms with Crippen LogP contribution in [-0.4, -0.2) is 0 Å². The largest absolute Gasteiger partial charge is 0.0610 e. The molecule has 0 aliphatic rings. The molecular weight excluding hydrogens is 234 g/mol. The molecule has 4 aromatic carbocycles. The van der Waals surface area contributed by atoms with Crippen LogP contribution in [-0.2, 0) is 0 Å². The van der Waals surface area contributed by atoms with Crippen LogP contribution >= 0.6 is 0 Å². The molecule has 19 heavy (non-hydrogen) atoms. The Morgan fingerprint density at radius 2 is 1.47 bits per heavy atom. The third-order valence-electron chi connectivity index (χ3n) is 3.64. The maximum absolute atomic E-state index is 8.73. The summed E-state index contributed by atoms with van der Waals surface area (Å²) in [4.78, 5) is 2.94. The quantitative estimate of drug-likeness (QED) is 0.183. The Balaban J connectivity index is 2.42. The molecule has 3 nitrogen and oxygen atoms in total. The second-order valence-electron chi connectivity index (χ2n) is 4.63. The Bertz CT molecular complexity index is 966. The van der Waals surface area contributed by atoms with Crippen LogP contribution in [0.15, 0.2) is 59.7 Å². The van der Waals surface area contributed by atoms with Crippen molar-refractivity contribution in [1.29, 1.82) is 0 Å². The summed E-state index contributed by atoms with van der Waals surface area (Å²) in [5.74, 6) is 0. The molecule has 0 radical (unpaired) electrons. The number of azide groups is 1. The van der Waals surface area contributed by atoms with E-state index in [1.54, 1.807) is 0 Å². The van der Waals surface area contributed by atoms with E-state index in [9.17, 15) is 0 Å². The first kappa shape index (κ1) is 10.2. The number of nitrogens with zero attached hydrogens (tertiary/aromatic N) is 3. The van der Waals surface area contributed by atoms with Gasteiger partial charge in [0.05, 0.1) is 0 Å². The summed E-state index contributed by atoms with van der Waals surface area (Å²) >= 11 is 0. The summed E-state index contributed by atoms with van der Waals surface area (Å²) in [6.07, 6.45) is 0. The fourth-order valence-electron chi connectivity index (χ4n) is 2.87. The fourth-order valence-corrected chi connectivity index (χ4v) is 2.87. The second-order valence-corrected chi connectivity index (χ2v) is 4.63. The molecule has 0 spiro atoms. The molecule has 3 heteroatoms. The molecular formula is C16H9N3. The van der Waals surface area contributed by atoms with E-state index in [0.29, 0.717) is 5.69 Å². The van der Waals surface area contributed by atoms with Crippen molar-refractivity contribution in [3.05, 3.63) is 65.0 Å². The molecule has 0 saturated carbocycles. The number of hydrogen-bond donors (Lipinski definition) is 0. The maximum atomic E-state index is 8.73. The highest BCUT2D eigenvalue weighted by atomic mass is 15.1. The summed E-state index contributed by atoms with van der Waals surface area (Å²) in [6, 6.07) is 18.5. The molecule has 4 aromatic rings. The first-order valence-electron chi connectivity index (χ1n) is 6.10. The van der Waals surface area contributed by atoms with Crippen LogP contribution in [0.25, 0.3) is 42.8 Å². The van der Waals surface area contributed by atoms with Gasteiger partial charge < -0.3 is 0 Å². The summed E-state index contributed by atoms with van der Waals surface area (Å²) in [5.41, 5.74) is 9.43. The average molecular weight is 243 g/mol. The van der Waals surface area contributed by atoms with Crippen LogP contribution in [0, 0.1) is 0 Å². The van der Waals surface area contributed by atoms with E-state index in [1.165, 1.54) is 21.5 Å². The average Bonchev–Trinajstić information content (AvgIpc) is 2.46. The zero-order valence-corrected chi connectivity index (χ0v) is 10.0. The predicted molar refractivity (Wildman–Crippen MR) is 79.0 cm³/mol.